The van der Waals surface area contributed by atoms with Crippen LogP contribution < -0.4 is 0 Å². The molecule has 560 valence electrons. The van der Waals surface area contributed by atoms with Crippen LogP contribution in [0.15, 0.2) is 0 Å². The summed E-state index contributed by atoms with van der Waals surface area (Å²) >= 11 is 0. The molecule has 1 saturated heterocycles. The van der Waals surface area contributed by atoms with Crippen molar-refractivity contribution in [3.05, 3.63) is 0 Å². The van der Waals surface area contributed by atoms with Crippen LogP contribution in [0, 0.1) is 11.8 Å². The van der Waals surface area contributed by atoms with E-state index in [9.17, 15) is 9.59 Å². The quantitative estimate of drug-likeness (QED) is 0.0425. The molecule has 0 aromatic carbocycles. The molecular weight excluding hydrogens is 1180 g/mol. The second-order valence-corrected chi connectivity index (χ2v) is 28.5. The van der Waals surface area contributed by atoms with Crippen molar-refractivity contribution in [3.8, 4) is 0 Å². The number of unbranched alkanes of at least 4 members (excludes halogenated alkanes) is 34. The molecule has 1 aliphatic heterocycles. The fourth-order valence-corrected chi connectivity index (χ4v) is 13.4. The largest absolute Gasteiger partial charge is 0.465 e. The molecule has 1 heterocycles. The van der Waals surface area contributed by atoms with Gasteiger partial charge < -0.3 is 47.4 Å². The zero-order valence-electron chi connectivity index (χ0n) is 64.3. The van der Waals surface area contributed by atoms with Gasteiger partial charge in [0.25, 0.3) is 0 Å². The Morgan fingerprint density at radius 2 is 0.596 bits per heavy atom. The summed E-state index contributed by atoms with van der Waals surface area (Å²) in [5.74, 6) is -0.425. The smallest absolute Gasteiger partial charge is 0.309 e. The van der Waals surface area contributed by atoms with Gasteiger partial charge in [-0.3, -0.25) is 9.59 Å². The Morgan fingerprint density at radius 1 is 0.298 bits per heavy atom. The molecular formula is C82H160O12. The SMILES string of the molecule is CCCCCCCCCCC(CCCCCCCCCC)C(=O)OCC[C@@H](OCCCC)C(OCCCC)[C@H](OCCCC)[C@@H](C[C@H]1OC(COC(=O)C(CCCCCCCCCC)CCCCCCCCCC)[C@@H](OCCCC)C(OCCCC)C1OCCCC)OC. The third-order valence-corrected chi connectivity index (χ3v) is 19.8. The summed E-state index contributed by atoms with van der Waals surface area (Å²) in [4.78, 5) is 29.1. The van der Waals surface area contributed by atoms with E-state index in [1.165, 1.54) is 167 Å². The molecule has 0 aromatic heterocycles. The Morgan fingerprint density at radius 3 is 0.957 bits per heavy atom. The Balaban J connectivity index is 3.85. The lowest BCUT2D eigenvalue weighted by Crippen LogP contribution is -2.63. The van der Waals surface area contributed by atoms with Gasteiger partial charge in [0.2, 0.25) is 0 Å². The molecule has 94 heavy (non-hydrogen) atoms. The molecule has 0 amide bonds. The maximum atomic E-state index is 14.7. The summed E-state index contributed by atoms with van der Waals surface area (Å²) in [6.45, 7) is 25.8. The van der Waals surface area contributed by atoms with Crippen LogP contribution in [0.5, 0.6) is 0 Å². The van der Waals surface area contributed by atoms with Gasteiger partial charge in [0.05, 0.1) is 36.8 Å². The average molecular weight is 1340 g/mol. The van der Waals surface area contributed by atoms with E-state index in [-0.39, 0.29) is 37.0 Å². The fraction of sp³-hybridized carbons (Fsp3) is 0.976. The first-order chi connectivity index (χ1) is 46.2. The van der Waals surface area contributed by atoms with Crippen molar-refractivity contribution in [2.45, 2.75) is 445 Å². The molecule has 12 heteroatoms. The van der Waals surface area contributed by atoms with Crippen LogP contribution in [0.2, 0.25) is 0 Å². The Labute approximate surface area is 583 Å². The van der Waals surface area contributed by atoms with Crippen molar-refractivity contribution in [3.63, 3.8) is 0 Å². The zero-order chi connectivity index (χ0) is 68.6. The second-order valence-electron chi connectivity index (χ2n) is 28.5. The van der Waals surface area contributed by atoms with Crippen molar-refractivity contribution in [2.75, 3.05) is 60.0 Å². The maximum Gasteiger partial charge on any atom is 0.309 e. The minimum atomic E-state index is -0.612. The number of carbonyl (C=O) groups excluding carboxylic acids is 2. The first-order valence-corrected chi connectivity index (χ1v) is 41.4. The maximum absolute atomic E-state index is 14.7. The van der Waals surface area contributed by atoms with Crippen LogP contribution in [0.25, 0.3) is 0 Å². The van der Waals surface area contributed by atoms with Crippen LogP contribution >= 0.6 is 0 Å². The first kappa shape index (κ1) is 90.6. The summed E-state index contributed by atoms with van der Waals surface area (Å²) in [5, 5.41) is 0. The number of hydrogen-bond donors (Lipinski definition) is 0. The highest BCUT2D eigenvalue weighted by atomic mass is 16.6. The van der Waals surface area contributed by atoms with Gasteiger partial charge in [-0.1, -0.05) is 313 Å². The van der Waals surface area contributed by atoms with Gasteiger partial charge in [-0.05, 0) is 64.2 Å². The zero-order valence-corrected chi connectivity index (χ0v) is 64.3. The Bertz CT molecular complexity index is 1550. The molecule has 1 rings (SSSR count). The van der Waals surface area contributed by atoms with E-state index in [1.807, 2.05) is 0 Å². The highest BCUT2D eigenvalue weighted by Gasteiger charge is 2.51. The van der Waals surface area contributed by atoms with Gasteiger partial charge in [0.1, 0.15) is 43.2 Å². The molecule has 0 N–H and O–H groups in total. The molecule has 12 nitrogen and oxygen atoms in total. The molecule has 0 radical (unpaired) electrons. The molecule has 4 unspecified atom stereocenters. The summed E-state index contributed by atoms with van der Waals surface area (Å²) < 4.78 is 69.4. The van der Waals surface area contributed by atoms with E-state index >= 15 is 0 Å². The minimum Gasteiger partial charge on any atom is -0.465 e. The van der Waals surface area contributed by atoms with Crippen molar-refractivity contribution in [2.24, 2.45) is 11.8 Å². The van der Waals surface area contributed by atoms with Gasteiger partial charge in [0.15, 0.2) is 0 Å². The number of esters is 2. The molecule has 1 fully saturated rings. The van der Waals surface area contributed by atoms with E-state index in [2.05, 4.69) is 69.2 Å². The van der Waals surface area contributed by atoms with Gasteiger partial charge in [-0.15, -0.1) is 0 Å². The van der Waals surface area contributed by atoms with Crippen molar-refractivity contribution >= 4 is 11.9 Å². The predicted octanol–water partition coefficient (Wildman–Crippen LogP) is 23.1. The molecule has 0 bridgehead atoms. The number of carbonyl (C=O) groups is 2. The molecule has 0 saturated carbocycles. The van der Waals surface area contributed by atoms with Gasteiger partial charge >= 0.3 is 11.9 Å². The monoisotopic (exact) mass is 1340 g/mol. The van der Waals surface area contributed by atoms with Crippen molar-refractivity contribution < 1.29 is 57.0 Å². The van der Waals surface area contributed by atoms with Crippen LogP contribution in [-0.4, -0.2) is 127 Å². The van der Waals surface area contributed by atoms with E-state index < -0.39 is 54.9 Å². The highest BCUT2D eigenvalue weighted by Crippen LogP contribution is 2.35. The third-order valence-electron chi connectivity index (χ3n) is 19.8. The first-order valence-electron chi connectivity index (χ1n) is 41.4. The molecule has 1 aliphatic rings. The standard InChI is InChI=1S/C82H160O12/c1-12-22-32-36-40-44-48-52-56-70(57-53-49-45-41-37-33-23-13-2)81(83)92-67-60-72(86-61-26-16-5)76(87-62-27-17-6)77(88-63-28-18-7)73(85-11)68-74-78(89-64-29-19-8)80(91-66-31-21-10)79(90-65-30-20-9)75(94-74)69-93-82(84)71(58-54-50-46-42-38-34-24-14-3)59-55-51-47-43-39-35-25-15-4/h70-80H,12-69H2,1-11H3/t72-,73-,74-,75?,76?,77-,78?,79-,80?/m1/s1. The number of ether oxygens (including phenoxy) is 10. The van der Waals surface area contributed by atoms with Crippen LogP contribution in [0.4, 0.5) is 0 Å². The summed E-state index contributed by atoms with van der Waals surface area (Å²) in [6, 6.07) is 0. The van der Waals surface area contributed by atoms with Crippen LogP contribution in [0.3, 0.4) is 0 Å². The van der Waals surface area contributed by atoms with E-state index in [4.69, 9.17) is 47.4 Å². The molecule has 9 atom stereocenters. The Kier molecular flexibility index (Phi) is 65.0. The van der Waals surface area contributed by atoms with Crippen molar-refractivity contribution in [1.29, 1.82) is 0 Å². The summed E-state index contributed by atoms with van der Waals surface area (Å²) in [7, 11) is 1.78. The van der Waals surface area contributed by atoms with E-state index in [0.29, 0.717) is 52.5 Å². The highest BCUT2D eigenvalue weighted by molar-refractivity contribution is 5.72. The number of hydrogen-bond acceptors (Lipinski definition) is 12. The number of methoxy groups -OCH3 is 1. The summed E-state index contributed by atoms with van der Waals surface area (Å²) in [5.41, 5.74) is 0. The van der Waals surface area contributed by atoms with Crippen LogP contribution in [-0.2, 0) is 57.0 Å². The predicted molar refractivity (Wildman–Crippen MR) is 394 cm³/mol. The molecule has 0 aromatic rings. The second kappa shape index (κ2) is 67.4. The van der Waals surface area contributed by atoms with E-state index in [0.717, 1.165) is 141 Å². The number of rotatable bonds is 73. The lowest BCUT2D eigenvalue weighted by Gasteiger charge is -2.47. The molecule has 0 spiro atoms. The van der Waals surface area contributed by atoms with Gasteiger partial charge in [0, 0.05) is 59.6 Å². The average Bonchev–Trinajstić information content (AvgIpc) is 0.844. The van der Waals surface area contributed by atoms with Gasteiger partial charge in [-0.25, -0.2) is 0 Å². The Hall–Kier alpha value is -1.38. The summed E-state index contributed by atoms with van der Waals surface area (Å²) in [6.07, 6.45) is 50.4. The minimum absolute atomic E-state index is 0.0637. The fourth-order valence-electron chi connectivity index (χ4n) is 13.4. The normalized spacial score (nSPS) is 18.1. The van der Waals surface area contributed by atoms with Crippen molar-refractivity contribution in [1.82, 2.24) is 0 Å². The lowest BCUT2D eigenvalue weighted by molar-refractivity contribution is -0.273. The van der Waals surface area contributed by atoms with E-state index in [1.54, 1.807) is 7.11 Å². The van der Waals surface area contributed by atoms with Crippen LogP contribution in [0.1, 0.15) is 390 Å². The topological polar surface area (TPSA) is 126 Å². The van der Waals surface area contributed by atoms with Gasteiger partial charge in [-0.2, -0.15) is 0 Å². The lowest BCUT2D eigenvalue weighted by atomic mass is 9.88. The molecule has 0 aliphatic carbocycles. The third kappa shape index (κ3) is 46.1.